The fourth-order valence-electron chi connectivity index (χ4n) is 3.32. The summed E-state index contributed by atoms with van der Waals surface area (Å²) in [6.07, 6.45) is 3.92. The lowest BCUT2D eigenvalue weighted by atomic mass is 10.0. The molecular formula is C23H28N4O2. The number of hydrogen-bond acceptors (Lipinski definition) is 3. The third kappa shape index (κ3) is 6.10. The van der Waals surface area contributed by atoms with E-state index in [-0.39, 0.29) is 0 Å². The first-order valence-electron chi connectivity index (χ1n) is 9.82. The molecule has 1 amide bonds. The lowest BCUT2D eigenvalue weighted by Gasteiger charge is -2.31. The van der Waals surface area contributed by atoms with Crippen molar-refractivity contribution in [1.82, 2.24) is 10.2 Å². The smallest absolute Gasteiger partial charge is 0.411 e. The van der Waals surface area contributed by atoms with Gasteiger partial charge >= 0.3 is 6.09 Å². The molecule has 2 N–H and O–H groups in total. The van der Waals surface area contributed by atoms with Gasteiger partial charge in [0.1, 0.15) is 0 Å². The van der Waals surface area contributed by atoms with Gasteiger partial charge < -0.3 is 15.0 Å². The highest BCUT2D eigenvalue weighted by atomic mass is 16.5. The molecule has 29 heavy (non-hydrogen) atoms. The van der Waals surface area contributed by atoms with Crippen LogP contribution in [0.5, 0.6) is 0 Å². The maximum Gasteiger partial charge on any atom is 0.411 e. The highest BCUT2D eigenvalue weighted by Crippen LogP contribution is 2.19. The first kappa shape index (κ1) is 20.5. The highest BCUT2D eigenvalue weighted by molar-refractivity contribution is 5.84. The predicted molar refractivity (Wildman–Crippen MR) is 118 cm³/mol. The molecule has 0 aliphatic carbocycles. The van der Waals surface area contributed by atoms with Crippen molar-refractivity contribution in [3.05, 3.63) is 71.3 Å². The number of aliphatic imine (C=N–C) groups is 1. The number of ether oxygens (including phenoxy) is 1. The lowest BCUT2D eigenvalue weighted by Crippen LogP contribution is -2.44. The van der Waals surface area contributed by atoms with Crippen molar-refractivity contribution in [1.29, 1.82) is 0 Å². The van der Waals surface area contributed by atoms with Crippen molar-refractivity contribution in [3.8, 4) is 0 Å². The lowest BCUT2D eigenvalue weighted by molar-refractivity contribution is 0.187. The number of methoxy groups -OCH3 is 1. The first-order valence-corrected chi connectivity index (χ1v) is 9.82. The number of carbonyl (C=O) groups is 1. The van der Waals surface area contributed by atoms with Gasteiger partial charge in [-0.15, -0.1) is 0 Å². The fourth-order valence-corrected chi connectivity index (χ4v) is 3.32. The number of rotatable bonds is 4. The van der Waals surface area contributed by atoms with Gasteiger partial charge in [0, 0.05) is 32.4 Å². The van der Waals surface area contributed by atoms with E-state index in [0.29, 0.717) is 12.2 Å². The van der Waals surface area contributed by atoms with Crippen LogP contribution >= 0.6 is 0 Å². The molecule has 1 aliphatic rings. The zero-order chi connectivity index (χ0) is 20.5. The molecule has 2 aromatic rings. The number of nitrogens with one attached hydrogen (secondary N) is 2. The molecule has 0 spiro atoms. The minimum Gasteiger partial charge on any atom is -0.453 e. The first-order chi connectivity index (χ1) is 14.2. The Morgan fingerprint density at radius 2 is 1.79 bits per heavy atom. The van der Waals surface area contributed by atoms with Gasteiger partial charge in [-0.25, -0.2) is 4.79 Å². The van der Waals surface area contributed by atoms with Gasteiger partial charge in [0.05, 0.1) is 7.11 Å². The van der Waals surface area contributed by atoms with Gasteiger partial charge in [0.25, 0.3) is 0 Å². The van der Waals surface area contributed by atoms with Crippen molar-refractivity contribution in [2.45, 2.75) is 19.4 Å². The number of piperidine rings is 1. The Hall–Kier alpha value is -3.28. The molecule has 0 aromatic heterocycles. The molecule has 0 radical (unpaired) electrons. The SMILES string of the molecule is CN=C(NCc1ccc(NC(=O)OC)cc1)N1CCC(=Cc2ccccc2)CC1. The standard InChI is InChI=1S/C23H28N4O2/c1-24-22(25-17-20-8-10-21(11-9-20)26-23(28)29-2)27-14-12-19(13-15-27)16-18-6-4-3-5-7-18/h3-11,16H,12-15,17H2,1-2H3,(H,24,25)(H,26,28). The van der Waals surface area contributed by atoms with Crippen molar-refractivity contribution in [3.63, 3.8) is 0 Å². The van der Waals surface area contributed by atoms with Gasteiger partial charge in [-0.3, -0.25) is 10.3 Å². The number of carbonyl (C=O) groups excluding carboxylic acids is 1. The Kier molecular flexibility index (Phi) is 7.28. The summed E-state index contributed by atoms with van der Waals surface area (Å²) in [6.45, 7) is 2.59. The number of anilines is 1. The van der Waals surface area contributed by atoms with E-state index in [4.69, 9.17) is 0 Å². The van der Waals surface area contributed by atoms with E-state index in [9.17, 15) is 4.79 Å². The van der Waals surface area contributed by atoms with Gasteiger partial charge in [-0.1, -0.05) is 54.1 Å². The zero-order valence-corrected chi connectivity index (χ0v) is 17.0. The summed E-state index contributed by atoms with van der Waals surface area (Å²) in [4.78, 5) is 18.0. The zero-order valence-electron chi connectivity index (χ0n) is 17.0. The number of benzene rings is 2. The Morgan fingerprint density at radius 1 is 1.10 bits per heavy atom. The number of nitrogens with zero attached hydrogens (tertiary/aromatic N) is 2. The van der Waals surface area contributed by atoms with E-state index in [1.807, 2.05) is 37.4 Å². The van der Waals surface area contributed by atoms with Gasteiger partial charge in [0.2, 0.25) is 0 Å². The Morgan fingerprint density at radius 3 is 2.41 bits per heavy atom. The summed E-state index contributed by atoms with van der Waals surface area (Å²) >= 11 is 0. The third-order valence-corrected chi connectivity index (χ3v) is 4.92. The van der Waals surface area contributed by atoms with E-state index < -0.39 is 6.09 Å². The van der Waals surface area contributed by atoms with Crippen LogP contribution < -0.4 is 10.6 Å². The van der Waals surface area contributed by atoms with Gasteiger partial charge in [0.15, 0.2) is 5.96 Å². The second-order valence-corrected chi connectivity index (χ2v) is 6.91. The molecule has 6 heteroatoms. The minimum absolute atomic E-state index is 0.470. The van der Waals surface area contributed by atoms with Crippen LogP contribution in [0.4, 0.5) is 10.5 Å². The molecule has 1 saturated heterocycles. The highest BCUT2D eigenvalue weighted by Gasteiger charge is 2.17. The molecule has 0 saturated carbocycles. The van der Waals surface area contributed by atoms with Crippen LogP contribution in [0.3, 0.4) is 0 Å². The average molecular weight is 393 g/mol. The van der Waals surface area contributed by atoms with E-state index in [1.165, 1.54) is 18.2 Å². The summed E-state index contributed by atoms with van der Waals surface area (Å²) in [5.74, 6) is 0.917. The largest absolute Gasteiger partial charge is 0.453 e. The van der Waals surface area contributed by atoms with Crippen LogP contribution in [0.1, 0.15) is 24.0 Å². The minimum atomic E-state index is -0.470. The van der Waals surface area contributed by atoms with Crippen LogP contribution in [0, 0.1) is 0 Å². The van der Waals surface area contributed by atoms with Crippen molar-refractivity contribution >= 4 is 23.8 Å². The monoisotopic (exact) mass is 392 g/mol. The Labute approximate surface area is 172 Å². The molecular weight excluding hydrogens is 364 g/mol. The maximum atomic E-state index is 11.2. The van der Waals surface area contributed by atoms with E-state index in [2.05, 4.69) is 55.6 Å². The summed E-state index contributed by atoms with van der Waals surface area (Å²) in [5, 5.41) is 6.08. The summed E-state index contributed by atoms with van der Waals surface area (Å²) in [5.41, 5.74) is 4.57. The number of hydrogen-bond donors (Lipinski definition) is 2. The third-order valence-electron chi connectivity index (χ3n) is 4.92. The summed E-state index contributed by atoms with van der Waals surface area (Å²) in [6, 6.07) is 18.2. The molecule has 0 unspecified atom stereocenters. The van der Waals surface area contributed by atoms with Crippen LogP contribution in [0.15, 0.2) is 65.2 Å². The predicted octanol–water partition coefficient (Wildman–Crippen LogP) is 4.12. The molecule has 3 rings (SSSR count). The van der Waals surface area contributed by atoms with Crippen LogP contribution in [-0.2, 0) is 11.3 Å². The summed E-state index contributed by atoms with van der Waals surface area (Å²) in [7, 11) is 3.17. The molecule has 1 fully saturated rings. The molecule has 6 nitrogen and oxygen atoms in total. The fraction of sp³-hybridized carbons (Fsp3) is 0.304. The molecule has 2 aromatic carbocycles. The van der Waals surface area contributed by atoms with E-state index in [0.717, 1.165) is 37.5 Å². The van der Waals surface area contributed by atoms with Crippen LogP contribution in [-0.4, -0.2) is 44.2 Å². The average Bonchev–Trinajstić information content (AvgIpc) is 2.77. The number of guanidine groups is 1. The topological polar surface area (TPSA) is 66.0 Å². The van der Waals surface area contributed by atoms with Crippen molar-refractivity contribution in [2.24, 2.45) is 4.99 Å². The second-order valence-electron chi connectivity index (χ2n) is 6.91. The molecule has 0 atom stereocenters. The van der Waals surface area contributed by atoms with E-state index >= 15 is 0 Å². The Bertz CT molecular complexity index is 850. The van der Waals surface area contributed by atoms with Gasteiger partial charge in [-0.2, -0.15) is 0 Å². The second kappa shape index (κ2) is 10.3. The van der Waals surface area contributed by atoms with Gasteiger partial charge in [-0.05, 0) is 36.1 Å². The van der Waals surface area contributed by atoms with E-state index in [1.54, 1.807) is 0 Å². The normalized spacial score (nSPS) is 14.3. The maximum absolute atomic E-state index is 11.2. The quantitative estimate of drug-likeness (QED) is 0.607. The molecule has 1 aliphatic heterocycles. The van der Waals surface area contributed by atoms with Crippen molar-refractivity contribution in [2.75, 3.05) is 32.6 Å². The van der Waals surface area contributed by atoms with Crippen LogP contribution in [0.25, 0.3) is 6.08 Å². The molecule has 152 valence electrons. The van der Waals surface area contributed by atoms with Crippen molar-refractivity contribution < 1.29 is 9.53 Å². The Balaban J connectivity index is 1.50. The number of amides is 1. The number of likely N-dealkylation sites (tertiary alicyclic amines) is 1. The summed E-state index contributed by atoms with van der Waals surface area (Å²) < 4.78 is 4.60. The van der Waals surface area contributed by atoms with Crippen LogP contribution in [0.2, 0.25) is 0 Å². The molecule has 0 bridgehead atoms. The molecule has 1 heterocycles.